The summed E-state index contributed by atoms with van der Waals surface area (Å²) in [5, 5.41) is 6.65. The molecule has 1 aliphatic heterocycles. The normalized spacial score (nSPS) is 28.4. The summed E-state index contributed by atoms with van der Waals surface area (Å²) in [5.41, 5.74) is 3.05. The summed E-state index contributed by atoms with van der Waals surface area (Å²) < 4.78 is 0. The summed E-state index contributed by atoms with van der Waals surface area (Å²) in [6.45, 7) is 5.46. The fourth-order valence-corrected chi connectivity index (χ4v) is 3.73. The number of hydrogen-bond acceptors (Lipinski definition) is 2. The summed E-state index contributed by atoms with van der Waals surface area (Å²) in [7, 11) is 0. The first-order valence-corrected chi connectivity index (χ1v) is 8.21. The molecule has 3 rings (SSSR count). The Labute approximate surface area is 127 Å². The van der Waals surface area contributed by atoms with E-state index in [1.54, 1.807) is 0 Å². The average Bonchev–Trinajstić information content (AvgIpc) is 2.67. The van der Waals surface area contributed by atoms with Crippen molar-refractivity contribution in [2.45, 2.75) is 63.5 Å². The largest absolute Gasteiger partial charge is 0.355 e. The molecule has 21 heavy (non-hydrogen) atoms. The van der Waals surface area contributed by atoms with Crippen LogP contribution in [-0.2, 0) is 10.2 Å². The molecule has 1 fully saturated rings. The van der Waals surface area contributed by atoms with Crippen molar-refractivity contribution in [3.8, 4) is 0 Å². The zero-order valence-electron chi connectivity index (χ0n) is 13.1. The van der Waals surface area contributed by atoms with Crippen molar-refractivity contribution in [2.24, 2.45) is 0 Å². The van der Waals surface area contributed by atoms with Gasteiger partial charge in [0.1, 0.15) is 0 Å². The van der Waals surface area contributed by atoms with E-state index in [2.05, 4.69) is 48.7 Å². The molecule has 0 spiro atoms. The first kappa shape index (κ1) is 14.6. The van der Waals surface area contributed by atoms with E-state index in [4.69, 9.17) is 0 Å². The van der Waals surface area contributed by atoms with Crippen LogP contribution in [0.1, 0.15) is 63.1 Å². The quantitative estimate of drug-likeness (QED) is 0.877. The second kappa shape index (κ2) is 5.80. The first-order chi connectivity index (χ1) is 10.1. The van der Waals surface area contributed by atoms with Gasteiger partial charge in [0.15, 0.2) is 0 Å². The molecule has 1 aromatic rings. The lowest BCUT2D eigenvalue weighted by molar-refractivity contribution is -0.123. The zero-order valence-corrected chi connectivity index (χ0v) is 13.1. The SMILES string of the molecule is CC1(C)CCC(NC2CCCCNC2=O)c2ccccc21. The molecule has 0 radical (unpaired) electrons. The third kappa shape index (κ3) is 2.98. The molecular weight excluding hydrogens is 260 g/mol. The highest BCUT2D eigenvalue weighted by Crippen LogP contribution is 2.41. The molecule has 2 atom stereocenters. The number of amides is 1. The van der Waals surface area contributed by atoms with Crippen molar-refractivity contribution in [3.63, 3.8) is 0 Å². The minimum atomic E-state index is -0.0354. The topological polar surface area (TPSA) is 41.1 Å². The van der Waals surface area contributed by atoms with Crippen molar-refractivity contribution in [2.75, 3.05) is 6.54 Å². The lowest BCUT2D eigenvalue weighted by Gasteiger charge is -2.38. The van der Waals surface area contributed by atoms with Gasteiger partial charge in [-0.25, -0.2) is 0 Å². The number of carbonyl (C=O) groups is 1. The van der Waals surface area contributed by atoms with E-state index in [0.717, 1.165) is 38.6 Å². The van der Waals surface area contributed by atoms with Crippen LogP contribution in [0, 0.1) is 0 Å². The Bertz CT molecular complexity index is 524. The number of carbonyl (C=O) groups excluding carboxylic acids is 1. The molecule has 1 amide bonds. The van der Waals surface area contributed by atoms with Gasteiger partial charge in [0, 0.05) is 12.6 Å². The van der Waals surface area contributed by atoms with Gasteiger partial charge in [0.25, 0.3) is 0 Å². The van der Waals surface area contributed by atoms with Gasteiger partial charge in [-0.2, -0.15) is 0 Å². The standard InChI is InChI=1S/C18H26N2O/c1-18(2)11-10-15(13-7-3-4-8-14(13)18)20-16-9-5-6-12-19-17(16)21/h3-4,7-8,15-16,20H,5-6,9-12H2,1-2H3,(H,19,21). The summed E-state index contributed by atoms with van der Waals surface area (Å²) in [4.78, 5) is 12.2. The number of fused-ring (bicyclic) bond motifs is 1. The van der Waals surface area contributed by atoms with Crippen LogP contribution in [0.2, 0.25) is 0 Å². The van der Waals surface area contributed by atoms with Gasteiger partial charge in [-0.15, -0.1) is 0 Å². The predicted octanol–water partition coefficient (Wildman–Crippen LogP) is 3.06. The minimum absolute atomic E-state index is 0.0354. The smallest absolute Gasteiger partial charge is 0.237 e. The number of hydrogen-bond donors (Lipinski definition) is 2. The zero-order chi connectivity index (χ0) is 14.9. The van der Waals surface area contributed by atoms with Gasteiger partial charge in [-0.05, 0) is 48.6 Å². The Morgan fingerprint density at radius 3 is 2.81 bits per heavy atom. The fraction of sp³-hybridized carbons (Fsp3) is 0.611. The van der Waals surface area contributed by atoms with E-state index in [0.29, 0.717) is 6.04 Å². The number of rotatable bonds is 2. The third-order valence-electron chi connectivity index (χ3n) is 5.06. The van der Waals surface area contributed by atoms with Crippen molar-refractivity contribution in [1.29, 1.82) is 0 Å². The minimum Gasteiger partial charge on any atom is -0.355 e. The van der Waals surface area contributed by atoms with Gasteiger partial charge in [0.2, 0.25) is 5.91 Å². The monoisotopic (exact) mass is 286 g/mol. The van der Waals surface area contributed by atoms with Gasteiger partial charge in [-0.1, -0.05) is 38.1 Å². The van der Waals surface area contributed by atoms with Gasteiger partial charge in [0.05, 0.1) is 6.04 Å². The van der Waals surface area contributed by atoms with E-state index in [-0.39, 0.29) is 17.4 Å². The Hall–Kier alpha value is -1.35. The summed E-state index contributed by atoms with van der Waals surface area (Å²) in [6, 6.07) is 8.98. The molecule has 2 unspecified atom stereocenters. The average molecular weight is 286 g/mol. The number of benzene rings is 1. The van der Waals surface area contributed by atoms with Crippen molar-refractivity contribution in [1.82, 2.24) is 10.6 Å². The van der Waals surface area contributed by atoms with Gasteiger partial charge in [-0.3, -0.25) is 10.1 Å². The molecule has 2 aliphatic rings. The molecule has 1 saturated heterocycles. The van der Waals surface area contributed by atoms with Crippen LogP contribution in [0.15, 0.2) is 24.3 Å². The van der Waals surface area contributed by atoms with E-state index in [1.165, 1.54) is 11.1 Å². The molecule has 3 heteroatoms. The highest BCUT2D eigenvalue weighted by atomic mass is 16.2. The molecule has 2 N–H and O–H groups in total. The molecule has 1 aromatic carbocycles. The summed E-state index contributed by atoms with van der Waals surface area (Å²) in [6.07, 6.45) is 5.44. The lowest BCUT2D eigenvalue weighted by Crippen LogP contribution is -2.46. The maximum Gasteiger partial charge on any atom is 0.237 e. The molecule has 0 saturated carbocycles. The highest BCUT2D eigenvalue weighted by Gasteiger charge is 2.34. The Morgan fingerprint density at radius 1 is 1.14 bits per heavy atom. The third-order valence-corrected chi connectivity index (χ3v) is 5.06. The fourth-order valence-electron chi connectivity index (χ4n) is 3.73. The molecule has 0 bridgehead atoms. The molecule has 3 nitrogen and oxygen atoms in total. The molecule has 1 heterocycles. The van der Waals surface area contributed by atoms with Gasteiger partial charge >= 0.3 is 0 Å². The highest BCUT2D eigenvalue weighted by molar-refractivity contribution is 5.82. The van der Waals surface area contributed by atoms with Crippen LogP contribution in [-0.4, -0.2) is 18.5 Å². The maximum absolute atomic E-state index is 12.2. The van der Waals surface area contributed by atoms with E-state index in [9.17, 15) is 4.79 Å². The number of nitrogens with one attached hydrogen (secondary N) is 2. The molecule has 1 aliphatic carbocycles. The van der Waals surface area contributed by atoms with Crippen LogP contribution in [0.25, 0.3) is 0 Å². The Morgan fingerprint density at radius 2 is 1.95 bits per heavy atom. The Kier molecular flexibility index (Phi) is 4.03. The van der Waals surface area contributed by atoms with Crippen molar-refractivity contribution < 1.29 is 4.79 Å². The van der Waals surface area contributed by atoms with Crippen LogP contribution in [0.3, 0.4) is 0 Å². The maximum atomic E-state index is 12.2. The van der Waals surface area contributed by atoms with Crippen LogP contribution < -0.4 is 10.6 Å². The second-order valence-corrected chi connectivity index (χ2v) is 7.07. The Balaban J connectivity index is 1.82. The summed E-state index contributed by atoms with van der Waals surface area (Å²) >= 11 is 0. The van der Waals surface area contributed by atoms with Crippen molar-refractivity contribution in [3.05, 3.63) is 35.4 Å². The molecule has 0 aromatic heterocycles. The second-order valence-electron chi connectivity index (χ2n) is 7.07. The lowest BCUT2D eigenvalue weighted by atomic mass is 9.71. The van der Waals surface area contributed by atoms with E-state index >= 15 is 0 Å². The van der Waals surface area contributed by atoms with Crippen LogP contribution in [0.4, 0.5) is 0 Å². The predicted molar refractivity (Wildman–Crippen MR) is 85.2 cm³/mol. The first-order valence-electron chi connectivity index (χ1n) is 8.21. The van der Waals surface area contributed by atoms with Crippen LogP contribution in [0.5, 0.6) is 0 Å². The van der Waals surface area contributed by atoms with E-state index < -0.39 is 0 Å². The molecular formula is C18H26N2O. The van der Waals surface area contributed by atoms with Crippen molar-refractivity contribution >= 4 is 5.91 Å². The van der Waals surface area contributed by atoms with Crippen LogP contribution >= 0.6 is 0 Å². The molecule has 114 valence electrons. The van der Waals surface area contributed by atoms with Gasteiger partial charge < -0.3 is 5.32 Å². The van der Waals surface area contributed by atoms with E-state index in [1.807, 2.05) is 0 Å². The summed E-state index contributed by atoms with van der Waals surface area (Å²) in [5.74, 6) is 0.176.